The third-order valence-electron chi connectivity index (χ3n) is 4.34. The van der Waals surface area contributed by atoms with Gasteiger partial charge in [-0.25, -0.2) is 4.79 Å². The monoisotopic (exact) mass is 349 g/mol. The van der Waals surface area contributed by atoms with Crippen LogP contribution < -0.4 is 10.9 Å². The van der Waals surface area contributed by atoms with Gasteiger partial charge in [0.25, 0.3) is 0 Å². The van der Waals surface area contributed by atoms with Crippen LogP contribution in [0.3, 0.4) is 0 Å². The lowest BCUT2D eigenvalue weighted by atomic mass is 10.1. The van der Waals surface area contributed by atoms with Gasteiger partial charge in [-0.15, -0.1) is 0 Å². The van der Waals surface area contributed by atoms with Gasteiger partial charge in [-0.3, -0.25) is 0 Å². The van der Waals surface area contributed by atoms with Gasteiger partial charge in [0.1, 0.15) is 5.58 Å². The second kappa shape index (κ2) is 6.26. The lowest BCUT2D eigenvalue weighted by Gasteiger charge is -2.10. The molecular weight excluding hydrogens is 334 g/mol. The normalized spacial score (nSPS) is 11.1. The zero-order valence-electron chi connectivity index (χ0n) is 13.7. The summed E-state index contributed by atoms with van der Waals surface area (Å²) < 4.78 is 5.31. The zero-order valence-corrected chi connectivity index (χ0v) is 14.4. The molecule has 0 amide bonds. The number of rotatable bonds is 3. The first-order valence-electron chi connectivity index (χ1n) is 8.06. The van der Waals surface area contributed by atoms with E-state index in [-0.39, 0.29) is 5.63 Å². The molecule has 0 saturated heterocycles. The Morgan fingerprint density at radius 3 is 2.64 bits per heavy atom. The summed E-state index contributed by atoms with van der Waals surface area (Å²) in [4.78, 5) is 11.9. The molecule has 0 atom stereocenters. The quantitative estimate of drug-likeness (QED) is 0.495. The summed E-state index contributed by atoms with van der Waals surface area (Å²) in [5, 5.41) is 7.26. The van der Waals surface area contributed by atoms with Crippen LogP contribution in [0.5, 0.6) is 0 Å². The van der Waals surface area contributed by atoms with Crippen LogP contribution in [0.2, 0.25) is 5.02 Å². The first-order chi connectivity index (χ1) is 12.1. The molecule has 1 aromatic heterocycles. The third-order valence-corrected chi connectivity index (χ3v) is 4.75. The SMILES string of the molecule is Cc1cc2oc(=O)cc(CNc3ccc4ccccc4c3)c2cc1Cl. The van der Waals surface area contributed by atoms with Crippen LogP contribution in [0.15, 0.2) is 69.9 Å². The lowest BCUT2D eigenvalue weighted by molar-refractivity contribution is 0.559. The summed E-state index contributed by atoms with van der Waals surface area (Å²) in [6.45, 7) is 2.40. The van der Waals surface area contributed by atoms with Crippen LogP contribution in [0, 0.1) is 6.92 Å². The molecular formula is C21H16ClNO2. The fraction of sp³-hybridized carbons (Fsp3) is 0.0952. The smallest absolute Gasteiger partial charge is 0.336 e. The number of anilines is 1. The Morgan fingerprint density at radius 1 is 1.00 bits per heavy atom. The highest BCUT2D eigenvalue weighted by molar-refractivity contribution is 6.32. The Hall–Kier alpha value is -2.78. The van der Waals surface area contributed by atoms with Crippen molar-refractivity contribution >= 4 is 39.0 Å². The Kier molecular flexibility index (Phi) is 3.94. The second-order valence-electron chi connectivity index (χ2n) is 6.10. The predicted molar refractivity (Wildman–Crippen MR) is 104 cm³/mol. The van der Waals surface area contributed by atoms with Crippen molar-refractivity contribution in [1.82, 2.24) is 0 Å². The van der Waals surface area contributed by atoms with Crippen molar-refractivity contribution in [2.45, 2.75) is 13.5 Å². The molecule has 1 heterocycles. The molecule has 0 saturated carbocycles. The summed E-state index contributed by atoms with van der Waals surface area (Å²) in [5.74, 6) is 0. The number of fused-ring (bicyclic) bond motifs is 2. The van der Waals surface area contributed by atoms with Gasteiger partial charge in [-0.05, 0) is 53.1 Å². The molecule has 0 radical (unpaired) electrons. The van der Waals surface area contributed by atoms with Crippen LogP contribution >= 0.6 is 11.6 Å². The minimum absolute atomic E-state index is 0.357. The highest BCUT2D eigenvalue weighted by Gasteiger charge is 2.08. The van der Waals surface area contributed by atoms with Gasteiger partial charge in [-0.1, -0.05) is 41.9 Å². The molecule has 25 heavy (non-hydrogen) atoms. The topological polar surface area (TPSA) is 42.2 Å². The number of nitrogens with one attached hydrogen (secondary N) is 1. The average Bonchev–Trinajstić information content (AvgIpc) is 2.61. The molecule has 0 spiro atoms. The highest BCUT2D eigenvalue weighted by Crippen LogP contribution is 2.26. The molecule has 4 aromatic rings. The van der Waals surface area contributed by atoms with E-state index in [1.165, 1.54) is 16.8 Å². The molecule has 0 aliphatic rings. The number of hydrogen-bond donors (Lipinski definition) is 1. The van der Waals surface area contributed by atoms with E-state index < -0.39 is 0 Å². The molecule has 4 heteroatoms. The summed E-state index contributed by atoms with van der Waals surface area (Å²) in [6, 6.07) is 19.6. The first-order valence-corrected chi connectivity index (χ1v) is 8.43. The fourth-order valence-electron chi connectivity index (χ4n) is 2.99. The largest absolute Gasteiger partial charge is 0.423 e. The van der Waals surface area contributed by atoms with E-state index in [1.807, 2.05) is 31.2 Å². The van der Waals surface area contributed by atoms with E-state index >= 15 is 0 Å². The zero-order chi connectivity index (χ0) is 17.4. The van der Waals surface area contributed by atoms with Gasteiger partial charge < -0.3 is 9.73 Å². The second-order valence-corrected chi connectivity index (χ2v) is 6.51. The number of aryl methyl sites for hydroxylation is 1. The maximum Gasteiger partial charge on any atom is 0.336 e. The van der Waals surface area contributed by atoms with Crippen molar-refractivity contribution in [2.75, 3.05) is 5.32 Å². The van der Waals surface area contributed by atoms with Gasteiger partial charge in [-0.2, -0.15) is 0 Å². The molecule has 1 N–H and O–H groups in total. The molecule has 0 unspecified atom stereocenters. The summed E-state index contributed by atoms with van der Waals surface area (Å²) >= 11 is 6.24. The molecule has 3 nitrogen and oxygen atoms in total. The highest BCUT2D eigenvalue weighted by atomic mass is 35.5. The lowest BCUT2D eigenvalue weighted by Crippen LogP contribution is -2.06. The van der Waals surface area contributed by atoms with E-state index in [9.17, 15) is 4.79 Å². The summed E-state index contributed by atoms with van der Waals surface area (Å²) in [6.07, 6.45) is 0. The predicted octanol–water partition coefficient (Wildman–Crippen LogP) is 5.52. The van der Waals surface area contributed by atoms with Crippen molar-refractivity contribution in [3.63, 3.8) is 0 Å². The van der Waals surface area contributed by atoms with Gasteiger partial charge in [0.2, 0.25) is 0 Å². The Bertz CT molecular complexity index is 1150. The molecule has 0 fully saturated rings. The maximum absolute atomic E-state index is 11.9. The molecule has 3 aromatic carbocycles. The molecule has 0 aliphatic heterocycles. The standard InChI is InChI=1S/C21H16ClNO2/c1-13-8-20-18(11-19(13)22)16(10-21(24)25-20)12-23-17-7-6-14-4-2-3-5-15(14)9-17/h2-11,23H,12H2,1H3. The van der Waals surface area contributed by atoms with Gasteiger partial charge in [0, 0.05) is 28.7 Å². The van der Waals surface area contributed by atoms with Gasteiger partial charge in [0.15, 0.2) is 0 Å². The van der Waals surface area contributed by atoms with Crippen molar-refractivity contribution in [3.05, 3.63) is 87.2 Å². The fourth-order valence-corrected chi connectivity index (χ4v) is 3.15. The van der Waals surface area contributed by atoms with Gasteiger partial charge in [0.05, 0.1) is 0 Å². The van der Waals surface area contributed by atoms with Gasteiger partial charge >= 0.3 is 5.63 Å². The molecule has 0 bridgehead atoms. The van der Waals surface area contributed by atoms with Crippen molar-refractivity contribution in [2.24, 2.45) is 0 Å². The number of hydrogen-bond acceptors (Lipinski definition) is 3. The first kappa shape index (κ1) is 15.7. The van der Waals surface area contributed by atoms with Crippen molar-refractivity contribution < 1.29 is 4.42 Å². The van der Waals surface area contributed by atoms with E-state index in [0.717, 1.165) is 22.2 Å². The number of halogens is 1. The Labute approximate surface area is 149 Å². The molecule has 4 rings (SSSR count). The van der Waals surface area contributed by atoms with Crippen LogP contribution in [0.1, 0.15) is 11.1 Å². The van der Waals surface area contributed by atoms with E-state index in [1.54, 1.807) is 6.07 Å². The minimum Gasteiger partial charge on any atom is -0.423 e. The van der Waals surface area contributed by atoms with Crippen molar-refractivity contribution in [3.8, 4) is 0 Å². The number of benzene rings is 3. The van der Waals surface area contributed by atoms with Crippen LogP contribution in [-0.2, 0) is 6.54 Å². The van der Waals surface area contributed by atoms with E-state index in [2.05, 4.69) is 29.6 Å². The van der Waals surface area contributed by atoms with E-state index in [0.29, 0.717) is 17.2 Å². The average molecular weight is 350 g/mol. The Morgan fingerprint density at radius 2 is 1.80 bits per heavy atom. The Balaban J connectivity index is 1.70. The van der Waals surface area contributed by atoms with Crippen LogP contribution in [-0.4, -0.2) is 0 Å². The van der Waals surface area contributed by atoms with Crippen molar-refractivity contribution in [1.29, 1.82) is 0 Å². The van der Waals surface area contributed by atoms with Crippen LogP contribution in [0.4, 0.5) is 5.69 Å². The summed E-state index contributed by atoms with van der Waals surface area (Å²) in [7, 11) is 0. The summed E-state index contributed by atoms with van der Waals surface area (Å²) in [5.41, 5.74) is 2.95. The maximum atomic E-state index is 11.9. The molecule has 124 valence electrons. The molecule has 0 aliphatic carbocycles. The van der Waals surface area contributed by atoms with E-state index in [4.69, 9.17) is 16.0 Å². The minimum atomic E-state index is -0.357. The van der Waals surface area contributed by atoms with Crippen LogP contribution in [0.25, 0.3) is 21.7 Å². The third kappa shape index (κ3) is 3.11.